The molecule has 0 aliphatic rings. The highest BCUT2D eigenvalue weighted by Crippen LogP contribution is 2.36. The summed E-state index contributed by atoms with van der Waals surface area (Å²) in [4.78, 5) is 16.0. The van der Waals surface area contributed by atoms with Crippen molar-refractivity contribution >= 4 is 31.0 Å². The Morgan fingerprint density at radius 1 is 0.476 bits per heavy atom. The number of aliphatic hydroxyl groups excluding tert-OH is 6. The summed E-state index contributed by atoms with van der Waals surface area (Å²) in [6.45, 7) is 5.87. The molecule has 0 unspecified atom stereocenters. The Morgan fingerprint density at radius 2 is 0.690 bits per heavy atom. The molecular formula is C26H57Cl2O13P. The van der Waals surface area contributed by atoms with Gasteiger partial charge in [-0.05, 0) is 77.0 Å². The molecule has 8 N–H and O–H groups in total. The molecule has 0 atom stereocenters. The molecule has 0 aromatic rings. The first-order valence-electron chi connectivity index (χ1n) is 14.3. The van der Waals surface area contributed by atoms with Gasteiger partial charge in [0.2, 0.25) is 0 Å². The zero-order valence-electron chi connectivity index (χ0n) is 24.9. The van der Waals surface area contributed by atoms with E-state index in [1.807, 2.05) is 0 Å². The second-order valence-corrected chi connectivity index (χ2v) is 10.6. The zero-order chi connectivity index (χ0) is 32.6. The fraction of sp³-hybridized carbons (Fsp3) is 0.923. The van der Waals surface area contributed by atoms with E-state index in [1.54, 1.807) is 0 Å². The number of ether oxygens (including phenoxy) is 3. The fourth-order valence-corrected chi connectivity index (χ4v) is 2.77. The molecule has 0 aromatic heterocycles. The fourth-order valence-electron chi connectivity index (χ4n) is 2.31. The van der Waals surface area contributed by atoms with Gasteiger partial charge < -0.3 is 49.4 Å². The second-order valence-electron chi connectivity index (χ2n) is 8.42. The van der Waals surface area contributed by atoms with E-state index in [0.717, 1.165) is 117 Å². The van der Waals surface area contributed by atoms with Crippen LogP contribution >= 0.6 is 31.0 Å². The van der Waals surface area contributed by atoms with E-state index in [1.165, 1.54) is 0 Å². The predicted octanol–water partition coefficient (Wildman–Crippen LogP) is 3.02. The average Bonchev–Trinajstić information content (AvgIpc) is 2.95. The van der Waals surface area contributed by atoms with Crippen molar-refractivity contribution in [3.05, 3.63) is 10.8 Å². The number of aliphatic hydroxyl groups is 6. The molecule has 0 amide bonds. The SMILES string of the molecule is O=P(O)(O)OC=C(Cl)Cl.OCCCCOCCCCO.OCCCCOCCCCO.OCCCCOCCCCO. The van der Waals surface area contributed by atoms with Crippen LogP contribution in [0.15, 0.2) is 10.8 Å². The number of phosphoric acid groups is 1. The minimum atomic E-state index is -4.46. The van der Waals surface area contributed by atoms with Crippen LogP contribution in [0.2, 0.25) is 0 Å². The molecule has 0 aliphatic heterocycles. The van der Waals surface area contributed by atoms with E-state index in [4.69, 9.17) is 77.8 Å². The summed E-state index contributed by atoms with van der Waals surface area (Å²) in [5.74, 6) is 0. The lowest BCUT2D eigenvalue weighted by Gasteiger charge is -2.01. The predicted molar refractivity (Wildman–Crippen MR) is 163 cm³/mol. The summed E-state index contributed by atoms with van der Waals surface area (Å²) in [5, 5.41) is 50.5. The van der Waals surface area contributed by atoms with Gasteiger partial charge in [-0.3, -0.25) is 9.79 Å². The van der Waals surface area contributed by atoms with E-state index in [2.05, 4.69) is 4.52 Å². The molecule has 0 aromatic carbocycles. The first-order chi connectivity index (χ1) is 20.2. The average molecular weight is 680 g/mol. The van der Waals surface area contributed by atoms with E-state index >= 15 is 0 Å². The summed E-state index contributed by atoms with van der Waals surface area (Å²) in [6.07, 6.45) is 11.0. The monoisotopic (exact) mass is 678 g/mol. The van der Waals surface area contributed by atoms with Crippen molar-refractivity contribution in [1.29, 1.82) is 0 Å². The topological polar surface area (TPSA) is 216 Å². The minimum absolute atomic E-state index is 0.250. The van der Waals surface area contributed by atoms with Crippen LogP contribution in [0.4, 0.5) is 0 Å². The molecule has 16 heteroatoms. The number of phosphoric ester groups is 1. The molecular weight excluding hydrogens is 622 g/mol. The second kappa shape index (κ2) is 45.3. The van der Waals surface area contributed by atoms with Crippen LogP contribution in [-0.2, 0) is 23.3 Å². The molecule has 0 saturated carbocycles. The standard InChI is InChI=1S/3C8H18O3.C2H3Cl2O4P/c3*9-5-1-3-7-11-8-4-2-6-10;3-2(4)1-8-9(5,6)7/h3*9-10H,1-8H2;1H,(H2,5,6,7). The molecule has 0 saturated heterocycles. The van der Waals surface area contributed by atoms with Gasteiger partial charge in [-0.2, -0.15) is 0 Å². The maximum Gasteiger partial charge on any atom is 0.524 e. The van der Waals surface area contributed by atoms with Crippen molar-refractivity contribution in [1.82, 2.24) is 0 Å². The quantitative estimate of drug-likeness (QED) is 0.0375. The molecule has 258 valence electrons. The summed E-state index contributed by atoms with van der Waals surface area (Å²) in [6, 6.07) is 0. The molecule has 0 radical (unpaired) electrons. The Morgan fingerprint density at radius 3 is 0.810 bits per heavy atom. The molecule has 0 spiro atoms. The Hall–Kier alpha value is -0.0900. The summed E-state index contributed by atoms with van der Waals surface area (Å²) in [5.41, 5.74) is 0. The Bertz CT molecular complexity index is 474. The lowest BCUT2D eigenvalue weighted by Crippen LogP contribution is -1.98. The van der Waals surface area contributed by atoms with Crippen molar-refractivity contribution in [3.8, 4) is 0 Å². The Labute approximate surface area is 261 Å². The summed E-state index contributed by atoms with van der Waals surface area (Å²) >= 11 is 9.88. The normalized spacial score (nSPS) is 10.4. The van der Waals surface area contributed by atoms with Crippen LogP contribution in [0.1, 0.15) is 77.0 Å². The number of rotatable bonds is 26. The Kier molecular flexibility index (Phi) is 52.7. The largest absolute Gasteiger partial charge is 0.524 e. The molecule has 0 fully saturated rings. The van der Waals surface area contributed by atoms with E-state index in [-0.39, 0.29) is 44.1 Å². The molecule has 0 heterocycles. The van der Waals surface area contributed by atoms with Crippen LogP contribution in [0.5, 0.6) is 0 Å². The highest BCUT2D eigenvalue weighted by molar-refractivity contribution is 7.46. The smallest absolute Gasteiger partial charge is 0.410 e. The first kappa shape index (κ1) is 48.8. The van der Waals surface area contributed by atoms with E-state index in [0.29, 0.717) is 6.26 Å². The van der Waals surface area contributed by atoms with Gasteiger partial charge in [0, 0.05) is 79.3 Å². The van der Waals surface area contributed by atoms with Gasteiger partial charge >= 0.3 is 7.82 Å². The van der Waals surface area contributed by atoms with Gasteiger partial charge in [0.05, 0.1) is 0 Å². The van der Waals surface area contributed by atoms with Crippen molar-refractivity contribution in [2.24, 2.45) is 0 Å². The third-order valence-corrected chi connectivity index (χ3v) is 5.02. The molecule has 0 rings (SSSR count). The van der Waals surface area contributed by atoms with E-state index < -0.39 is 7.82 Å². The van der Waals surface area contributed by atoms with Crippen molar-refractivity contribution in [2.75, 3.05) is 79.3 Å². The first-order valence-corrected chi connectivity index (χ1v) is 16.6. The molecule has 13 nitrogen and oxygen atoms in total. The molecule has 0 bridgehead atoms. The lowest BCUT2D eigenvalue weighted by molar-refractivity contribution is 0.117. The number of hydrogen-bond donors (Lipinski definition) is 8. The van der Waals surface area contributed by atoms with Gasteiger partial charge in [-0.25, -0.2) is 4.57 Å². The van der Waals surface area contributed by atoms with E-state index in [9.17, 15) is 4.57 Å². The van der Waals surface area contributed by atoms with Gasteiger partial charge in [0.15, 0.2) is 0 Å². The molecule has 0 aliphatic carbocycles. The van der Waals surface area contributed by atoms with Crippen LogP contribution in [-0.4, -0.2) is 120 Å². The third kappa shape index (κ3) is 67.5. The maximum atomic E-state index is 9.85. The van der Waals surface area contributed by atoms with Crippen LogP contribution in [0.25, 0.3) is 0 Å². The van der Waals surface area contributed by atoms with Crippen molar-refractivity contribution < 1.29 is 63.7 Å². The van der Waals surface area contributed by atoms with Gasteiger partial charge in [-0.1, -0.05) is 23.2 Å². The Balaban J connectivity index is -0.000000230. The lowest BCUT2D eigenvalue weighted by atomic mass is 10.3. The van der Waals surface area contributed by atoms with Crippen LogP contribution in [0, 0.1) is 0 Å². The third-order valence-electron chi connectivity index (χ3n) is 4.46. The maximum absolute atomic E-state index is 9.85. The van der Waals surface area contributed by atoms with Gasteiger partial charge in [0.25, 0.3) is 0 Å². The van der Waals surface area contributed by atoms with Crippen molar-refractivity contribution in [2.45, 2.75) is 77.0 Å². The van der Waals surface area contributed by atoms with Gasteiger partial charge in [0.1, 0.15) is 10.8 Å². The number of halogens is 2. The number of hydrogen-bond acceptors (Lipinski definition) is 11. The highest BCUT2D eigenvalue weighted by atomic mass is 35.5. The molecule has 42 heavy (non-hydrogen) atoms. The van der Waals surface area contributed by atoms with Crippen molar-refractivity contribution in [3.63, 3.8) is 0 Å². The zero-order valence-corrected chi connectivity index (χ0v) is 27.3. The van der Waals surface area contributed by atoms with Crippen LogP contribution in [0.3, 0.4) is 0 Å². The van der Waals surface area contributed by atoms with Crippen LogP contribution < -0.4 is 0 Å². The number of unbranched alkanes of at least 4 members (excludes halogenated alkanes) is 6. The van der Waals surface area contributed by atoms with Gasteiger partial charge in [-0.15, -0.1) is 0 Å². The summed E-state index contributed by atoms with van der Waals surface area (Å²) in [7, 11) is -4.46. The highest BCUT2D eigenvalue weighted by Gasteiger charge is 2.11. The minimum Gasteiger partial charge on any atom is -0.410 e. The summed E-state index contributed by atoms with van der Waals surface area (Å²) < 4.78 is 28.9.